The summed E-state index contributed by atoms with van der Waals surface area (Å²) in [7, 11) is 1.65. The molecule has 4 aromatic rings. The lowest BCUT2D eigenvalue weighted by Gasteiger charge is -2.29. The second-order valence-electron chi connectivity index (χ2n) is 9.15. The number of benzene rings is 2. The lowest BCUT2D eigenvalue weighted by atomic mass is 10.0. The minimum atomic E-state index is -0.467. The number of methoxy groups -OCH3 is 1. The van der Waals surface area contributed by atoms with E-state index in [-0.39, 0.29) is 5.91 Å². The molecule has 0 spiro atoms. The van der Waals surface area contributed by atoms with Crippen molar-refractivity contribution in [2.45, 2.75) is 19.0 Å². The number of carbonyl (C=O) groups is 1. The van der Waals surface area contributed by atoms with Gasteiger partial charge in [-0.15, -0.1) is 0 Å². The summed E-state index contributed by atoms with van der Waals surface area (Å²) in [6, 6.07) is 13.6. The van der Waals surface area contributed by atoms with Crippen molar-refractivity contribution in [3.05, 3.63) is 66.0 Å². The van der Waals surface area contributed by atoms with E-state index in [9.17, 15) is 4.79 Å². The largest absolute Gasteiger partial charge is 0.494 e. The van der Waals surface area contributed by atoms with Crippen LogP contribution in [0.25, 0.3) is 10.9 Å². The number of hydrogen-bond acceptors (Lipinski definition) is 8. The van der Waals surface area contributed by atoms with Crippen molar-refractivity contribution in [2.75, 3.05) is 48.9 Å². The number of aromatic amines is 1. The highest BCUT2D eigenvalue weighted by molar-refractivity contribution is 5.88. The smallest absolute Gasteiger partial charge is 0.243 e. The van der Waals surface area contributed by atoms with Gasteiger partial charge in [0, 0.05) is 66.7 Å². The zero-order valence-corrected chi connectivity index (χ0v) is 20.6. The Morgan fingerprint density at radius 1 is 1.19 bits per heavy atom. The molecule has 0 aliphatic carbocycles. The normalized spacial score (nSPS) is 17.5. The molecule has 1 unspecified atom stereocenters. The third kappa shape index (κ3) is 4.75. The van der Waals surface area contributed by atoms with E-state index in [0.29, 0.717) is 30.5 Å². The molecule has 2 aromatic carbocycles. The van der Waals surface area contributed by atoms with Gasteiger partial charge in [0.15, 0.2) is 0 Å². The van der Waals surface area contributed by atoms with Crippen LogP contribution < -0.4 is 25.6 Å². The maximum atomic E-state index is 12.9. The van der Waals surface area contributed by atoms with Gasteiger partial charge in [-0.05, 0) is 23.8 Å². The number of anilines is 4. The number of nitrogens with zero attached hydrogens (tertiary/aromatic N) is 3. The number of para-hydroxylation sites is 1. The number of ether oxygens (including phenoxy) is 2. The van der Waals surface area contributed by atoms with Crippen LogP contribution in [0.3, 0.4) is 0 Å². The van der Waals surface area contributed by atoms with Crippen molar-refractivity contribution >= 4 is 40.0 Å². The molecular weight excluding hydrogens is 470 g/mol. The number of rotatable bonds is 6. The molecule has 2 aromatic heterocycles. The van der Waals surface area contributed by atoms with Crippen LogP contribution in [0.2, 0.25) is 0 Å². The molecule has 0 saturated carbocycles. The van der Waals surface area contributed by atoms with Gasteiger partial charge in [0.25, 0.3) is 0 Å². The molecule has 2 aliphatic rings. The highest BCUT2D eigenvalue weighted by atomic mass is 16.5. The molecule has 4 heterocycles. The quantitative estimate of drug-likeness (QED) is 0.320. The van der Waals surface area contributed by atoms with Crippen LogP contribution >= 0.6 is 0 Å². The predicted molar refractivity (Wildman–Crippen MR) is 143 cm³/mol. The van der Waals surface area contributed by atoms with Gasteiger partial charge in [-0.1, -0.05) is 18.2 Å². The summed E-state index contributed by atoms with van der Waals surface area (Å²) in [4.78, 5) is 27.6. The van der Waals surface area contributed by atoms with Crippen LogP contribution in [0.4, 0.5) is 23.1 Å². The molecule has 1 amide bonds. The van der Waals surface area contributed by atoms with Gasteiger partial charge in [-0.2, -0.15) is 4.98 Å². The van der Waals surface area contributed by atoms with Gasteiger partial charge in [0.2, 0.25) is 11.9 Å². The van der Waals surface area contributed by atoms with Crippen LogP contribution in [-0.4, -0.2) is 60.3 Å². The number of carbonyl (C=O) groups excluding carboxylic acids is 1. The average molecular weight is 500 g/mol. The zero-order chi connectivity index (χ0) is 25.2. The highest BCUT2D eigenvalue weighted by Crippen LogP contribution is 2.32. The van der Waals surface area contributed by atoms with E-state index in [4.69, 9.17) is 14.5 Å². The molecule has 190 valence electrons. The van der Waals surface area contributed by atoms with Crippen LogP contribution in [0.15, 0.2) is 54.9 Å². The Labute approximate surface area is 214 Å². The maximum Gasteiger partial charge on any atom is 0.243 e. The Hall–Kier alpha value is -4.31. The number of morpholine rings is 1. The fraction of sp³-hybridized carbons (Fsp3) is 0.296. The van der Waals surface area contributed by atoms with Crippen molar-refractivity contribution < 1.29 is 14.3 Å². The first-order chi connectivity index (χ1) is 18.2. The zero-order valence-electron chi connectivity index (χ0n) is 20.6. The van der Waals surface area contributed by atoms with E-state index < -0.39 is 6.04 Å². The van der Waals surface area contributed by atoms with Gasteiger partial charge >= 0.3 is 0 Å². The van der Waals surface area contributed by atoms with Crippen molar-refractivity contribution in [1.29, 1.82) is 0 Å². The molecule has 0 bridgehead atoms. The molecule has 1 saturated heterocycles. The molecule has 6 rings (SSSR count). The summed E-state index contributed by atoms with van der Waals surface area (Å²) in [5.41, 5.74) is 4.80. The Kier molecular flexibility index (Phi) is 6.23. The topological polar surface area (TPSA) is 116 Å². The molecule has 10 nitrogen and oxygen atoms in total. The first-order valence-electron chi connectivity index (χ1n) is 12.4. The lowest BCUT2D eigenvalue weighted by molar-refractivity contribution is -0.121. The van der Waals surface area contributed by atoms with Crippen molar-refractivity contribution in [3.8, 4) is 5.75 Å². The number of fused-ring (bicyclic) bond motifs is 2. The minimum Gasteiger partial charge on any atom is -0.494 e. The van der Waals surface area contributed by atoms with Crippen LogP contribution in [0.1, 0.15) is 11.1 Å². The molecule has 1 fully saturated rings. The van der Waals surface area contributed by atoms with Crippen LogP contribution in [0.5, 0.6) is 5.75 Å². The molecule has 4 N–H and O–H groups in total. The van der Waals surface area contributed by atoms with Gasteiger partial charge in [-0.25, -0.2) is 4.98 Å². The third-order valence-electron chi connectivity index (χ3n) is 6.85. The summed E-state index contributed by atoms with van der Waals surface area (Å²) in [5.74, 6) is 1.68. The van der Waals surface area contributed by atoms with Gasteiger partial charge < -0.3 is 35.3 Å². The predicted octanol–water partition coefficient (Wildman–Crippen LogP) is 3.20. The summed E-state index contributed by atoms with van der Waals surface area (Å²) in [6.45, 7) is 3.50. The van der Waals surface area contributed by atoms with Crippen LogP contribution in [0, 0.1) is 0 Å². The van der Waals surface area contributed by atoms with Gasteiger partial charge in [0.1, 0.15) is 17.6 Å². The maximum absolute atomic E-state index is 12.9. The second-order valence-corrected chi connectivity index (χ2v) is 9.15. The van der Waals surface area contributed by atoms with Gasteiger partial charge in [-0.3, -0.25) is 4.79 Å². The fourth-order valence-corrected chi connectivity index (χ4v) is 4.84. The molecular formula is C27H29N7O3. The summed E-state index contributed by atoms with van der Waals surface area (Å²) in [6.07, 6.45) is 4.23. The number of amides is 1. The van der Waals surface area contributed by atoms with Crippen molar-refractivity contribution in [1.82, 2.24) is 20.3 Å². The van der Waals surface area contributed by atoms with E-state index in [1.807, 2.05) is 36.5 Å². The molecule has 0 radical (unpaired) electrons. The number of H-pyrrole nitrogens is 1. The Balaban J connectivity index is 1.22. The summed E-state index contributed by atoms with van der Waals surface area (Å²) < 4.78 is 11.1. The average Bonchev–Trinajstić information content (AvgIpc) is 3.28. The fourth-order valence-electron chi connectivity index (χ4n) is 4.84. The molecule has 1 atom stereocenters. The lowest BCUT2D eigenvalue weighted by Crippen LogP contribution is -2.38. The monoisotopic (exact) mass is 499 g/mol. The van der Waals surface area contributed by atoms with E-state index in [1.165, 1.54) is 0 Å². The SMILES string of the molecule is COc1cc(N2CCOCC2)ccc1Nc1ncc2c(n1)NC(Cc1c[nH]c3ccccc13)C(=O)NC2. The summed E-state index contributed by atoms with van der Waals surface area (Å²) in [5, 5.41) is 10.7. The Morgan fingerprint density at radius 2 is 2.05 bits per heavy atom. The number of hydrogen-bond donors (Lipinski definition) is 4. The van der Waals surface area contributed by atoms with Crippen LogP contribution in [-0.2, 0) is 22.5 Å². The van der Waals surface area contributed by atoms with Crippen molar-refractivity contribution in [3.63, 3.8) is 0 Å². The Morgan fingerprint density at radius 3 is 2.92 bits per heavy atom. The number of aromatic nitrogens is 3. The van der Waals surface area contributed by atoms with E-state index in [0.717, 1.165) is 59.7 Å². The number of nitrogens with one attached hydrogen (secondary N) is 4. The second kappa shape index (κ2) is 9.98. The Bertz CT molecular complexity index is 1430. The van der Waals surface area contributed by atoms with E-state index in [1.54, 1.807) is 13.3 Å². The van der Waals surface area contributed by atoms with E-state index >= 15 is 0 Å². The molecule has 10 heteroatoms. The van der Waals surface area contributed by atoms with Crippen molar-refractivity contribution in [2.24, 2.45) is 0 Å². The highest BCUT2D eigenvalue weighted by Gasteiger charge is 2.26. The minimum absolute atomic E-state index is 0.0711. The standard InChI is InChI=1S/C27H29N7O3/c1-36-24-13-19(34-8-10-37-11-9-34)6-7-22(24)32-27-30-16-18-15-29-26(35)23(31-25(18)33-27)12-17-14-28-21-5-3-2-4-20(17)21/h2-7,13-14,16,23,28H,8-12,15H2,1H3,(H,29,35)(H2,30,31,32,33). The van der Waals surface area contributed by atoms with Gasteiger partial charge in [0.05, 0.1) is 26.0 Å². The third-order valence-corrected chi connectivity index (χ3v) is 6.85. The first-order valence-corrected chi connectivity index (χ1v) is 12.4. The molecule has 37 heavy (non-hydrogen) atoms. The first kappa shape index (κ1) is 23.1. The molecule has 2 aliphatic heterocycles. The van der Waals surface area contributed by atoms with E-state index in [2.05, 4.69) is 43.0 Å². The summed E-state index contributed by atoms with van der Waals surface area (Å²) >= 11 is 0.